The van der Waals surface area contributed by atoms with Gasteiger partial charge in [-0.1, -0.05) is 36.4 Å². The van der Waals surface area contributed by atoms with Crippen molar-refractivity contribution < 1.29 is 14.3 Å². The van der Waals surface area contributed by atoms with E-state index < -0.39 is 0 Å². The van der Waals surface area contributed by atoms with Gasteiger partial charge in [0.15, 0.2) is 5.75 Å². The molecule has 3 aromatic carbocycles. The van der Waals surface area contributed by atoms with Crippen LogP contribution in [0.1, 0.15) is 0 Å². The van der Waals surface area contributed by atoms with Gasteiger partial charge < -0.3 is 20.1 Å². The van der Waals surface area contributed by atoms with Crippen molar-refractivity contribution in [3.8, 4) is 17.2 Å². The second kappa shape index (κ2) is 8.58. The van der Waals surface area contributed by atoms with Crippen LogP contribution in [0.2, 0.25) is 0 Å². The van der Waals surface area contributed by atoms with Crippen molar-refractivity contribution in [2.24, 2.45) is 0 Å². The van der Waals surface area contributed by atoms with Crippen LogP contribution in [0.3, 0.4) is 0 Å². The van der Waals surface area contributed by atoms with Gasteiger partial charge >= 0.3 is 0 Å². The largest absolute Gasteiger partial charge is 0.497 e. The molecule has 0 atom stereocenters. The van der Waals surface area contributed by atoms with Crippen LogP contribution in [-0.2, 0) is 4.79 Å². The van der Waals surface area contributed by atoms with E-state index in [9.17, 15) is 4.79 Å². The third-order valence-electron chi connectivity index (χ3n) is 3.65. The fraction of sp³-hybridized carbons (Fsp3) is 0.0952. The number of methoxy groups -OCH3 is 1. The number of benzene rings is 3. The molecule has 0 bridgehead atoms. The molecule has 0 aromatic heterocycles. The maximum atomic E-state index is 12.2. The molecule has 0 aliphatic rings. The molecule has 0 heterocycles. The second-order valence-corrected chi connectivity index (χ2v) is 5.54. The minimum absolute atomic E-state index is 0.117. The van der Waals surface area contributed by atoms with Gasteiger partial charge in [0.2, 0.25) is 5.91 Å². The number of hydrogen-bond donors (Lipinski definition) is 2. The molecule has 0 saturated carbocycles. The zero-order valence-electron chi connectivity index (χ0n) is 14.4. The number of anilines is 2. The lowest BCUT2D eigenvalue weighted by Gasteiger charge is -2.13. The van der Waals surface area contributed by atoms with Gasteiger partial charge in [-0.3, -0.25) is 4.79 Å². The highest BCUT2D eigenvalue weighted by Gasteiger charge is 2.07. The highest BCUT2D eigenvalue weighted by atomic mass is 16.5. The predicted octanol–water partition coefficient (Wildman–Crippen LogP) is 4.54. The maximum Gasteiger partial charge on any atom is 0.243 e. The van der Waals surface area contributed by atoms with Crippen LogP contribution in [0.25, 0.3) is 0 Å². The Hall–Kier alpha value is -3.47. The van der Waals surface area contributed by atoms with E-state index in [0.717, 1.165) is 11.4 Å². The lowest BCUT2D eigenvalue weighted by molar-refractivity contribution is -0.114. The molecule has 0 radical (unpaired) electrons. The zero-order chi connectivity index (χ0) is 18.2. The van der Waals surface area contributed by atoms with Crippen LogP contribution in [0.4, 0.5) is 11.4 Å². The molecule has 0 aliphatic heterocycles. The molecule has 5 heteroatoms. The van der Waals surface area contributed by atoms with Gasteiger partial charge in [-0.15, -0.1) is 0 Å². The van der Waals surface area contributed by atoms with Crippen molar-refractivity contribution in [3.63, 3.8) is 0 Å². The number of nitrogens with one attached hydrogen (secondary N) is 2. The summed E-state index contributed by atoms with van der Waals surface area (Å²) in [6.07, 6.45) is 0. The molecular weight excluding hydrogens is 328 g/mol. The molecule has 0 saturated heterocycles. The quantitative estimate of drug-likeness (QED) is 0.658. The smallest absolute Gasteiger partial charge is 0.243 e. The first-order chi connectivity index (χ1) is 12.7. The average molecular weight is 348 g/mol. The number of rotatable bonds is 7. The SMILES string of the molecule is COc1cccc(NC(=O)CNc2ccccc2Oc2ccccc2)c1. The van der Waals surface area contributed by atoms with Gasteiger partial charge in [0, 0.05) is 11.8 Å². The molecule has 5 nitrogen and oxygen atoms in total. The molecule has 26 heavy (non-hydrogen) atoms. The first-order valence-electron chi connectivity index (χ1n) is 8.24. The van der Waals surface area contributed by atoms with Crippen LogP contribution >= 0.6 is 0 Å². The summed E-state index contributed by atoms with van der Waals surface area (Å²) < 4.78 is 11.0. The maximum absolute atomic E-state index is 12.2. The van der Waals surface area contributed by atoms with Crippen LogP contribution in [0.5, 0.6) is 17.2 Å². The molecule has 3 rings (SSSR count). The van der Waals surface area contributed by atoms with Crippen molar-refractivity contribution in [1.29, 1.82) is 0 Å². The van der Waals surface area contributed by atoms with Gasteiger partial charge in [-0.05, 0) is 36.4 Å². The van der Waals surface area contributed by atoms with Crippen molar-refractivity contribution in [2.45, 2.75) is 0 Å². The Kier molecular flexibility index (Phi) is 5.72. The Morgan fingerprint density at radius 1 is 0.885 bits per heavy atom. The van der Waals surface area contributed by atoms with E-state index in [1.165, 1.54) is 0 Å². The molecular formula is C21H20N2O3. The van der Waals surface area contributed by atoms with Gasteiger partial charge in [0.1, 0.15) is 11.5 Å². The van der Waals surface area contributed by atoms with Gasteiger partial charge in [0.25, 0.3) is 0 Å². The van der Waals surface area contributed by atoms with Gasteiger partial charge in [-0.2, -0.15) is 0 Å². The Morgan fingerprint density at radius 3 is 2.42 bits per heavy atom. The summed E-state index contributed by atoms with van der Waals surface area (Å²) in [6, 6.07) is 24.2. The number of carbonyl (C=O) groups is 1. The number of amides is 1. The Labute approximate surface area is 152 Å². The third kappa shape index (κ3) is 4.77. The lowest BCUT2D eigenvalue weighted by atomic mass is 10.2. The average Bonchev–Trinajstić information content (AvgIpc) is 2.68. The fourth-order valence-corrected chi connectivity index (χ4v) is 2.40. The summed E-state index contributed by atoms with van der Waals surface area (Å²) in [5, 5.41) is 5.95. The number of carbonyl (C=O) groups excluding carboxylic acids is 1. The van der Waals surface area contributed by atoms with Crippen molar-refractivity contribution in [1.82, 2.24) is 0 Å². The summed E-state index contributed by atoms with van der Waals surface area (Å²) in [5.74, 6) is 1.93. The minimum Gasteiger partial charge on any atom is -0.497 e. The Balaban J connectivity index is 1.61. The van der Waals surface area contributed by atoms with E-state index in [2.05, 4.69) is 10.6 Å². The first-order valence-corrected chi connectivity index (χ1v) is 8.24. The summed E-state index contributed by atoms with van der Waals surface area (Å²) in [4.78, 5) is 12.2. The van der Waals surface area contributed by atoms with Crippen LogP contribution in [0, 0.1) is 0 Å². The second-order valence-electron chi connectivity index (χ2n) is 5.54. The highest BCUT2D eigenvalue weighted by Crippen LogP contribution is 2.28. The van der Waals surface area contributed by atoms with E-state index in [4.69, 9.17) is 9.47 Å². The Morgan fingerprint density at radius 2 is 1.62 bits per heavy atom. The molecule has 0 spiro atoms. The Bertz CT molecular complexity index is 866. The third-order valence-corrected chi connectivity index (χ3v) is 3.65. The van der Waals surface area contributed by atoms with Crippen LogP contribution in [-0.4, -0.2) is 19.6 Å². The van der Waals surface area contributed by atoms with Crippen LogP contribution < -0.4 is 20.1 Å². The predicted molar refractivity (Wildman–Crippen MR) is 103 cm³/mol. The lowest BCUT2D eigenvalue weighted by Crippen LogP contribution is -2.21. The summed E-state index contributed by atoms with van der Waals surface area (Å²) in [6.45, 7) is 0.117. The van der Waals surface area contributed by atoms with Crippen molar-refractivity contribution in [2.75, 3.05) is 24.3 Å². The van der Waals surface area contributed by atoms with Crippen molar-refractivity contribution in [3.05, 3.63) is 78.9 Å². The van der Waals surface area contributed by atoms with Crippen molar-refractivity contribution >= 4 is 17.3 Å². The van der Waals surface area contributed by atoms with E-state index in [1.54, 1.807) is 13.2 Å². The molecule has 1 amide bonds. The molecule has 132 valence electrons. The summed E-state index contributed by atoms with van der Waals surface area (Å²) in [5.41, 5.74) is 1.43. The molecule has 0 fully saturated rings. The van der Waals surface area contributed by atoms with Gasteiger partial charge in [0.05, 0.1) is 19.3 Å². The molecule has 3 aromatic rings. The molecule has 0 aliphatic carbocycles. The summed E-state index contributed by atoms with van der Waals surface area (Å²) in [7, 11) is 1.59. The van der Waals surface area contributed by atoms with E-state index in [1.807, 2.05) is 72.8 Å². The first kappa shape index (κ1) is 17.4. The standard InChI is InChI=1S/C21H20N2O3/c1-25-18-11-7-8-16(14-18)23-21(24)15-22-19-12-5-6-13-20(19)26-17-9-3-2-4-10-17/h2-14,22H,15H2,1H3,(H,23,24). The number of hydrogen-bond acceptors (Lipinski definition) is 4. The van der Waals surface area contributed by atoms with E-state index in [0.29, 0.717) is 17.2 Å². The molecule has 0 unspecified atom stereocenters. The van der Waals surface area contributed by atoms with E-state index in [-0.39, 0.29) is 12.5 Å². The van der Waals surface area contributed by atoms with E-state index >= 15 is 0 Å². The fourth-order valence-electron chi connectivity index (χ4n) is 2.40. The molecule has 2 N–H and O–H groups in total. The minimum atomic E-state index is -0.159. The number of para-hydroxylation sites is 3. The zero-order valence-corrected chi connectivity index (χ0v) is 14.4. The van der Waals surface area contributed by atoms with Crippen LogP contribution in [0.15, 0.2) is 78.9 Å². The normalized spacial score (nSPS) is 10.0. The highest BCUT2D eigenvalue weighted by molar-refractivity contribution is 5.94. The topological polar surface area (TPSA) is 59.6 Å². The van der Waals surface area contributed by atoms with Gasteiger partial charge in [-0.25, -0.2) is 0 Å². The summed E-state index contributed by atoms with van der Waals surface area (Å²) >= 11 is 0. The number of ether oxygens (including phenoxy) is 2. The monoisotopic (exact) mass is 348 g/mol.